The molecule has 0 saturated carbocycles. The first-order chi connectivity index (χ1) is 7.77. The van der Waals surface area contributed by atoms with Crippen LogP contribution in [0.2, 0.25) is 5.02 Å². The van der Waals surface area contributed by atoms with E-state index >= 15 is 0 Å². The molecule has 1 aliphatic heterocycles. The van der Waals surface area contributed by atoms with Crippen LogP contribution in [0.4, 0.5) is 0 Å². The molecule has 0 unspecified atom stereocenters. The number of benzene rings is 1. The molecular formula is C12H16Cl2O2. The van der Waals surface area contributed by atoms with Gasteiger partial charge in [0.15, 0.2) is 0 Å². The third kappa shape index (κ3) is 2.89. The van der Waals surface area contributed by atoms with Crippen molar-refractivity contribution in [2.24, 2.45) is 0 Å². The van der Waals surface area contributed by atoms with Crippen LogP contribution in [0.3, 0.4) is 0 Å². The first-order valence-electron chi connectivity index (χ1n) is 5.37. The van der Waals surface area contributed by atoms with Crippen molar-refractivity contribution < 1.29 is 9.47 Å². The van der Waals surface area contributed by atoms with E-state index in [1.807, 2.05) is 26.0 Å². The highest BCUT2D eigenvalue weighted by atomic mass is 35.5. The maximum absolute atomic E-state index is 5.86. The molecule has 0 N–H and O–H groups in total. The molecule has 2 nitrogen and oxygen atoms in total. The minimum atomic E-state index is -0.772. The number of halogens is 2. The molecule has 0 atom stereocenters. The summed E-state index contributed by atoms with van der Waals surface area (Å²) in [5.74, 6) is -0.485. The lowest BCUT2D eigenvalue weighted by atomic mass is 10.1. The van der Waals surface area contributed by atoms with Crippen molar-refractivity contribution in [3.8, 4) is 0 Å². The summed E-state index contributed by atoms with van der Waals surface area (Å²) in [6.07, 6.45) is 0. The predicted molar refractivity (Wildman–Crippen MR) is 67.1 cm³/mol. The van der Waals surface area contributed by atoms with Gasteiger partial charge >= 0.3 is 0 Å². The summed E-state index contributed by atoms with van der Waals surface area (Å²) < 4.78 is 11.0. The zero-order valence-corrected chi connectivity index (χ0v) is 11.0. The van der Waals surface area contributed by atoms with Gasteiger partial charge in [-0.3, -0.25) is 0 Å². The highest BCUT2D eigenvalue weighted by molar-refractivity contribution is 6.30. The van der Waals surface area contributed by atoms with Crippen LogP contribution >= 0.6 is 23.2 Å². The number of hydrogen-bond donors (Lipinski definition) is 0. The van der Waals surface area contributed by atoms with Crippen LogP contribution in [0.5, 0.6) is 0 Å². The van der Waals surface area contributed by atoms with Crippen molar-refractivity contribution >= 4 is 23.2 Å². The van der Waals surface area contributed by atoms with Crippen molar-refractivity contribution in [2.45, 2.75) is 19.6 Å². The van der Waals surface area contributed by atoms with Gasteiger partial charge in [0.2, 0.25) is 5.79 Å². The molecule has 1 saturated heterocycles. The Balaban J connectivity index is 0.000000606. The second kappa shape index (κ2) is 6.45. The summed E-state index contributed by atoms with van der Waals surface area (Å²) in [6.45, 7) is 5.16. The molecule has 1 aromatic rings. The maximum Gasteiger partial charge on any atom is 0.208 e. The molecule has 0 aromatic heterocycles. The summed E-state index contributed by atoms with van der Waals surface area (Å²) >= 11 is 11.6. The first kappa shape index (κ1) is 13.8. The van der Waals surface area contributed by atoms with Crippen molar-refractivity contribution in [1.29, 1.82) is 0 Å². The molecule has 1 aliphatic rings. The Labute approximate surface area is 106 Å². The molecule has 1 fully saturated rings. The van der Waals surface area contributed by atoms with Gasteiger partial charge < -0.3 is 9.47 Å². The number of rotatable bonds is 2. The third-order valence-electron chi connectivity index (χ3n) is 2.21. The van der Waals surface area contributed by atoms with Gasteiger partial charge in [0.25, 0.3) is 0 Å². The SMILES string of the molecule is CC.ClCC1(c2ccc(Cl)cc2)OCCO1. The summed E-state index contributed by atoms with van der Waals surface area (Å²) in [4.78, 5) is 0. The van der Waals surface area contributed by atoms with Crippen LogP contribution in [0.25, 0.3) is 0 Å². The fourth-order valence-corrected chi connectivity index (χ4v) is 1.91. The van der Waals surface area contributed by atoms with Gasteiger partial charge in [-0.1, -0.05) is 37.6 Å². The van der Waals surface area contributed by atoms with E-state index in [-0.39, 0.29) is 5.88 Å². The fraction of sp³-hybridized carbons (Fsp3) is 0.500. The standard InChI is InChI=1S/C10H10Cl2O2.C2H6/c11-7-10(13-5-6-14-10)8-1-3-9(12)4-2-8;1-2/h1-4H,5-7H2;1-2H3. The van der Waals surface area contributed by atoms with Crippen molar-refractivity contribution in [3.63, 3.8) is 0 Å². The van der Waals surface area contributed by atoms with E-state index in [1.54, 1.807) is 12.1 Å². The topological polar surface area (TPSA) is 18.5 Å². The van der Waals surface area contributed by atoms with Crippen molar-refractivity contribution in [3.05, 3.63) is 34.9 Å². The molecule has 16 heavy (non-hydrogen) atoms. The molecule has 2 rings (SSSR count). The summed E-state index contributed by atoms with van der Waals surface area (Å²) in [5.41, 5.74) is 0.911. The van der Waals surface area contributed by atoms with Gasteiger partial charge in [-0.15, -0.1) is 11.6 Å². The monoisotopic (exact) mass is 262 g/mol. The zero-order chi connectivity index (χ0) is 12.0. The molecule has 0 radical (unpaired) electrons. The van der Waals surface area contributed by atoms with Gasteiger partial charge in [0.05, 0.1) is 19.1 Å². The smallest absolute Gasteiger partial charge is 0.208 e. The van der Waals surface area contributed by atoms with Crippen LogP contribution in [0.15, 0.2) is 24.3 Å². The van der Waals surface area contributed by atoms with Crippen LogP contribution in [-0.2, 0) is 15.3 Å². The molecule has 0 aliphatic carbocycles. The van der Waals surface area contributed by atoms with E-state index in [9.17, 15) is 0 Å². The molecule has 4 heteroatoms. The van der Waals surface area contributed by atoms with E-state index in [0.717, 1.165) is 5.56 Å². The number of ether oxygens (including phenoxy) is 2. The molecular weight excluding hydrogens is 247 g/mol. The van der Waals surface area contributed by atoms with E-state index in [1.165, 1.54) is 0 Å². The molecule has 1 aromatic carbocycles. The van der Waals surface area contributed by atoms with Crippen molar-refractivity contribution in [1.82, 2.24) is 0 Å². The Morgan fingerprint density at radius 2 is 1.62 bits per heavy atom. The number of alkyl halides is 1. The summed E-state index contributed by atoms with van der Waals surface area (Å²) in [6, 6.07) is 7.35. The summed E-state index contributed by atoms with van der Waals surface area (Å²) in [7, 11) is 0. The largest absolute Gasteiger partial charge is 0.342 e. The molecule has 0 amide bonds. The molecule has 1 heterocycles. The van der Waals surface area contributed by atoms with Crippen LogP contribution < -0.4 is 0 Å². The Kier molecular flexibility index (Phi) is 5.56. The minimum absolute atomic E-state index is 0.286. The van der Waals surface area contributed by atoms with Gasteiger partial charge in [-0.05, 0) is 12.1 Å². The minimum Gasteiger partial charge on any atom is -0.342 e. The highest BCUT2D eigenvalue weighted by Gasteiger charge is 2.37. The zero-order valence-electron chi connectivity index (χ0n) is 9.50. The van der Waals surface area contributed by atoms with Gasteiger partial charge in [0.1, 0.15) is 0 Å². The van der Waals surface area contributed by atoms with Crippen LogP contribution in [0.1, 0.15) is 19.4 Å². The Bertz CT molecular complexity index is 305. The maximum atomic E-state index is 5.86. The lowest BCUT2D eigenvalue weighted by molar-refractivity contribution is -0.146. The first-order valence-corrected chi connectivity index (χ1v) is 6.28. The normalized spacial score (nSPS) is 17.8. The van der Waals surface area contributed by atoms with E-state index in [4.69, 9.17) is 32.7 Å². The molecule has 0 bridgehead atoms. The lowest BCUT2D eigenvalue weighted by Gasteiger charge is -2.25. The second-order valence-electron chi connectivity index (χ2n) is 3.09. The Morgan fingerprint density at radius 3 is 2.06 bits per heavy atom. The number of hydrogen-bond acceptors (Lipinski definition) is 2. The van der Waals surface area contributed by atoms with Gasteiger partial charge in [-0.25, -0.2) is 0 Å². The predicted octanol–water partition coefficient (Wildman–Crippen LogP) is 3.80. The fourth-order valence-electron chi connectivity index (χ4n) is 1.48. The quantitative estimate of drug-likeness (QED) is 0.755. The molecule has 0 spiro atoms. The molecule has 90 valence electrons. The average molecular weight is 263 g/mol. The van der Waals surface area contributed by atoms with Crippen LogP contribution in [-0.4, -0.2) is 19.1 Å². The van der Waals surface area contributed by atoms with Crippen LogP contribution in [0, 0.1) is 0 Å². The van der Waals surface area contributed by atoms with E-state index in [2.05, 4.69) is 0 Å². The third-order valence-corrected chi connectivity index (χ3v) is 2.82. The van der Waals surface area contributed by atoms with E-state index in [0.29, 0.717) is 18.2 Å². The average Bonchev–Trinajstić information content (AvgIpc) is 2.82. The van der Waals surface area contributed by atoms with E-state index < -0.39 is 5.79 Å². The highest BCUT2D eigenvalue weighted by Crippen LogP contribution is 2.33. The lowest BCUT2D eigenvalue weighted by Crippen LogP contribution is -2.29. The van der Waals surface area contributed by atoms with Gasteiger partial charge in [0, 0.05) is 10.6 Å². The van der Waals surface area contributed by atoms with Crippen molar-refractivity contribution in [2.75, 3.05) is 19.1 Å². The Hall–Kier alpha value is -0.280. The summed E-state index contributed by atoms with van der Waals surface area (Å²) in [5, 5.41) is 0.691. The second-order valence-corrected chi connectivity index (χ2v) is 3.79. The Morgan fingerprint density at radius 1 is 1.12 bits per heavy atom. The van der Waals surface area contributed by atoms with Gasteiger partial charge in [-0.2, -0.15) is 0 Å².